The second-order valence-electron chi connectivity index (χ2n) is 1.83. The third-order valence-electron chi connectivity index (χ3n) is 1.03. The summed E-state index contributed by atoms with van der Waals surface area (Å²) >= 11 is 0. The molecule has 2 nitrogen and oxygen atoms in total. The average molecular weight is 218 g/mol. The van der Waals surface area contributed by atoms with Crippen molar-refractivity contribution in [2.45, 2.75) is 4.90 Å². The minimum atomic E-state index is -2.19. The van der Waals surface area contributed by atoms with Crippen LogP contribution in [-0.2, 0) is 20.0 Å². The van der Waals surface area contributed by atoms with Crippen LogP contribution in [0.25, 0.3) is 0 Å². The Morgan fingerprint density at radius 1 is 1.33 bits per heavy atom. The number of thiol groups is 2. The van der Waals surface area contributed by atoms with Crippen molar-refractivity contribution in [1.82, 2.24) is 0 Å². The van der Waals surface area contributed by atoms with Crippen LogP contribution in [0.15, 0.2) is 29.2 Å². The Balaban J connectivity index is 0.00000121. The molecule has 0 aliphatic heterocycles. The molecule has 0 spiro atoms. The van der Waals surface area contributed by atoms with Gasteiger partial charge in [0.2, 0.25) is 0 Å². The fourth-order valence-electron chi connectivity index (χ4n) is 0.607. The van der Waals surface area contributed by atoms with Gasteiger partial charge in [0.05, 0.1) is 9.64 Å². The molecule has 0 amide bonds. The maximum absolute atomic E-state index is 12.3. The Hall–Kier alpha value is 0.610. The zero-order chi connectivity index (χ0) is 8.27. The molecule has 0 saturated heterocycles. The summed E-state index contributed by atoms with van der Waals surface area (Å²) in [6.07, 6.45) is 0. The molecule has 1 atom stereocenters. The van der Waals surface area contributed by atoms with Crippen LogP contribution < -0.4 is 0 Å². The van der Waals surface area contributed by atoms with Gasteiger partial charge in [-0.1, -0.05) is 10.3 Å². The monoisotopic (exact) mass is 218 g/mol. The summed E-state index contributed by atoms with van der Waals surface area (Å²) in [7, 11) is -1.86. The summed E-state index contributed by atoms with van der Waals surface area (Å²) in [5, 5.41) is 0. The first kappa shape index (κ1) is 12.6. The zero-order valence-electron chi connectivity index (χ0n) is 5.44. The van der Waals surface area contributed by atoms with Crippen LogP contribution in [0.4, 0.5) is 4.39 Å². The molecule has 0 radical (unpaired) electrons. The third-order valence-corrected chi connectivity index (χ3v) is 2.93. The van der Waals surface area contributed by atoms with Crippen molar-refractivity contribution in [1.29, 1.82) is 0 Å². The van der Waals surface area contributed by atoms with E-state index < -0.39 is 9.64 Å². The fraction of sp³-hybridized carbons (Fsp3) is 0. The Kier molecular flexibility index (Phi) is 6.43. The molecular formula is C6H8FNaO2S2. The third kappa shape index (κ3) is 4.59. The van der Waals surface area contributed by atoms with E-state index in [1.165, 1.54) is 24.3 Å². The van der Waals surface area contributed by atoms with E-state index in [-0.39, 0.29) is 35.4 Å². The SMILES string of the molecule is O=[SH](O)=[SH]c1ccc(F)cc1.[NaH]. The van der Waals surface area contributed by atoms with E-state index in [9.17, 15) is 8.60 Å². The van der Waals surface area contributed by atoms with Gasteiger partial charge < -0.3 is 4.55 Å². The van der Waals surface area contributed by atoms with Crippen LogP contribution in [0.2, 0.25) is 0 Å². The molecule has 0 aliphatic carbocycles. The van der Waals surface area contributed by atoms with Crippen molar-refractivity contribution in [3.05, 3.63) is 30.1 Å². The van der Waals surface area contributed by atoms with Gasteiger partial charge in [0.15, 0.2) is 0 Å². The molecule has 6 heteroatoms. The van der Waals surface area contributed by atoms with Crippen LogP contribution in [0, 0.1) is 5.82 Å². The maximum atomic E-state index is 12.3. The molecule has 0 bridgehead atoms. The van der Waals surface area contributed by atoms with E-state index in [0.29, 0.717) is 15.2 Å². The summed E-state index contributed by atoms with van der Waals surface area (Å²) in [5.41, 5.74) is 0. The van der Waals surface area contributed by atoms with Gasteiger partial charge in [-0.2, -0.15) is 0 Å². The van der Waals surface area contributed by atoms with Gasteiger partial charge in [-0.15, -0.1) is 0 Å². The first-order valence-corrected chi connectivity index (χ1v) is 5.63. The summed E-state index contributed by atoms with van der Waals surface area (Å²) in [5.74, 6) is -0.336. The van der Waals surface area contributed by atoms with Crippen LogP contribution in [-0.4, -0.2) is 38.3 Å². The quantitative estimate of drug-likeness (QED) is 0.466. The molecule has 1 N–H and O–H groups in total. The molecule has 1 rings (SSSR count). The van der Waals surface area contributed by atoms with Crippen molar-refractivity contribution < 1.29 is 13.2 Å². The van der Waals surface area contributed by atoms with E-state index in [1.807, 2.05) is 0 Å². The first-order valence-electron chi connectivity index (χ1n) is 2.82. The van der Waals surface area contributed by atoms with E-state index in [2.05, 4.69) is 0 Å². The first-order chi connectivity index (χ1) is 5.18. The van der Waals surface area contributed by atoms with Gasteiger partial charge in [-0.25, -0.2) is 8.60 Å². The Labute approximate surface area is 97.0 Å². The van der Waals surface area contributed by atoms with Gasteiger partial charge in [0.1, 0.15) is 5.82 Å². The van der Waals surface area contributed by atoms with Crippen molar-refractivity contribution in [3.63, 3.8) is 0 Å². The van der Waals surface area contributed by atoms with Crippen molar-refractivity contribution in [2.24, 2.45) is 0 Å². The molecule has 1 aromatic carbocycles. The summed E-state index contributed by atoms with van der Waals surface area (Å²) in [4.78, 5) is 0.648. The Morgan fingerprint density at radius 2 is 1.83 bits per heavy atom. The van der Waals surface area contributed by atoms with Crippen molar-refractivity contribution in [3.8, 4) is 0 Å². The molecule has 1 aromatic rings. The molecule has 12 heavy (non-hydrogen) atoms. The van der Waals surface area contributed by atoms with Crippen LogP contribution in [0.5, 0.6) is 0 Å². The van der Waals surface area contributed by atoms with Crippen LogP contribution >= 0.6 is 0 Å². The van der Waals surface area contributed by atoms with E-state index >= 15 is 0 Å². The fourth-order valence-corrected chi connectivity index (χ4v) is 2.08. The summed E-state index contributed by atoms with van der Waals surface area (Å²) in [6, 6.07) is 5.50. The topological polar surface area (TPSA) is 37.3 Å². The second-order valence-corrected chi connectivity index (χ2v) is 4.68. The molecule has 0 heterocycles. The van der Waals surface area contributed by atoms with Crippen molar-refractivity contribution in [2.75, 3.05) is 0 Å². The van der Waals surface area contributed by atoms with Gasteiger partial charge in [0, 0.05) is 4.90 Å². The molecule has 1 unspecified atom stereocenters. The number of rotatable bonds is 1. The predicted molar refractivity (Wildman–Crippen MR) is 52.7 cm³/mol. The number of hydrogen-bond donors (Lipinski definition) is 3. The van der Waals surface area contributed by atoms with Crippen LogP contribution in [0.3, 0.4) is 0 Å². The predicted octanol–water partition coefficient (Wildman–Crippen LogP) is 0.220. The van der Waals surface area contributed by atoms with Gasteiger partial charge in [-0.05, 0) is 24.3 Å². The Morgan fingerprint density at radius 3 is 2.25 bits per heavy atom. The van der Waals surface area contributed by atoms with Gasteiger partial charge in [-0.3, -0.25) is 0 Å². The second kappa shape index (κ2) is 6.12. The molecule has 0 fully saturated rings. The average Bonchev–Trinajstić information content (AvgIpc) is 1.93. The zero-order valence-corrected chi connectivity index (χ0v) is 7.23. The van der Waals surface area contributed by atoms with Crippen molar-refractivity contribution >= 4 is 49.5 Å². The molecule has 0 aliphatic rings. The van der Waals surface area contributed by atoms with Gasteiger partial charge >= 0.3 is 29.6 Å². The molecule has 64 valence electrons. The Bertz CT molecular complexity index is 319. The van der Waals surface area contributed by atoms with Gasteiger partial charge in [0.25, 0.3) is 0 Å². The van der Waals surface area contributed by atoms with E-state index in [1.54, 1.807) is 0 Å². The normalized spacial score (nSPS) is 12.8. The number of hydrogen-bond acceptors (Lipinski definition) is 1. The minimum absolute atomic E-state index is 0. The standard InChI is InChI=1S/C6H7FO2S2.Na.H/c7-5-1-3-6(4-2-5)10-11(8)9;;/h1-4,10-11H,(H,8,9);;. The number of benzene rings is 1. The molecular weight excluding hydrogens is 210 g/mol. The summed E-state index contributed by atoms with van der Waals surface area (Å²) in [6.45, 7) is 0. The molecule has 0 saturated carbocycles. The number of halogens is 1. The summed E-state index contributed by atoms with van der Waals surface area (Å²) < 4.78 is 31.1. The van der Waals surface area contributed by atoms with E-state index in [4.69, 9.17) is 4.55 Å². The van der Waals surface area contributed by atoms with E-state index in [0.717, 1.165) is 0 Å². The molecule has 0 aromatic heterocycles. The van der Waals surface area contributed by atoms with Crippen LogP contribution in [0.1, 0.15) is 0 Å².